The van der Waals surface area contributed by atoms with Crippen molar-refractivity contribution in [2.24, 2.45) is 107 Å². The average molecular weight is 617 g/mol. The van der Waals surface area contributed by atoms with E-state index in [1.807, 2.05) is 11.1 Å². The van der Waals surface area contributed by atoms with Crippen molar-refractivity contribution in [1.29, 1.82) is 0 Å². The van der Waals surface area contributed by atoms with Gasteiger partial charge in [0.15, 0.2) is 0 Å². The highest BCUT2D eigenvalue weighted by molar-refractivity contribution is 5.37. The minimum atomic E-state index is -3.95. The standard InChI is InChI=1S/C13H15F3.C13H17F.C12H14F2/c14-13(15,16)10-5-8-4-9(10)12-7-2-1-6(3-7)11(8)12;14-6-10-4-9-5-11(10)13-8-2-1-7(3-8)12(9)13;13-12(14)5-8-4-9(12)11-7-2-1-6(3-7)10(8)11/h1-2,6-12H,3-5H2;8-11,13H,1-6H2;1-2,6-11H,3-5H2. The molecule has 44 heavy (non-hydrogen) atoms. The van der Waals surface area contributed by atoms with Crippen LogP contribution in [0.4, 0.5) is 26.3 Å². The summed E-state index contributed by atoms with van der Waals surface area (Å²) >= 11 is 0. The van der Waals surface area contributed by atoms with Crippen LogP contribution in [0.3, 0.4) is 0 Å². The van der Waals surface area contributed by atoms with Crippen LogP contribution >= 0.6 is 0 Å². The molecule has 240 valence electrons. The van der Waals surface area contributed by atoms with Crippen LogP contribution in [0, 0.1) is 107 Å². The van der Waals surface area contributed by atoms with Crippen molar-refractivity contribution in [2.75, 3.05) is 6.67 Å². The first-order valence-corrected chi connectivity index (χ1v) is 18.2. The van der Waals surface area contributed by atoms with Crippen molar-refractivity contribution < 1.29 is 26.3 Å². The smallest absolute Gasteiger partial charge is 0.251 e. The molecule has 18 atom stereocenters. The molecular formula is C38H46F6. The van der Waals surface area contributed by atoms with Crippen LogP contribution in [0.2, 0.25) is 0 Å². The highest BCUT2D eigenvalue weighted by Crippen LogP contribution is 2.70. The van der Waals surface area contributed by atoms with Gasteiger partial charge in [-0.3, -0.25) is 4.39 Å². The van der Waals surface area contributed by atoms with Gasteiger partial charge in [-0.2, -0.15) is 13.2 Å². The van der Waals surface area contributed by atoms with Gasteiger partial charge >= 0.3 is 6.18 Å². The Morgan fingerprint density at radius 2 is 1.39 bits per heavy atom. The van der Waals surface area contributed by atoms with Gasteiger partial charge < -0.3 is 0 Å². The third kappa shape index (κ3) is 3.66. The Morgan fingerprint density at radius 3 is 2.09 bits per heavy atom. The summed E-state index contributed by atoms with van der Waals surface area (Å²) in [5, 5.41) is 0. The molecule has 0 aromatic rings. The summed E-state index contributed by atoms with van der Waals surface area (Å²) in [7, 11) is 0. The number of fused-ring (bicyclic) bond motifs is 26. The second-order valence-corrected chi connectivity index (χ2v) is 17.7. The molecule has 0 aromatic carbocycles. The Hall–Kier alpha value is -1.20. The first-order valence-electron chi connectivity index (χ1n) is 18.2. The Balaban J connectivity index is 0.0000000873. The van der Waals surface area contributed by atoms with E-state index >= 15 is 0 Å². The summed E-state index contributed by atoms with van der Waals surface area (Å²) < 4.78 is 78.7. The molecule has 0 aliphatic heterocycles. The second kappa shape index (κ2) is 9.24. The van der Waals surface area contributed by atoms with Gasteiger partial charge in [0.2, 0.25) is 0 Å². The van der Waals surface area contributed by atoms with E-state index in [9.17, 15) is 26.3 Å². The number of halogens is 6. The summed E-state index contributed by atoms with van der Waals surface area (Å²) in [6.45, 7) is -0.0486. The first kappa shape index (κ1) is 27.9. The van der Waals surface area contributed by atoms with E-state index in [1.165, 1.54) is 38.5 Å². The van der Waals surface area contributed by atoms with E-state index in [4.69, 9.17) is 0 Å². The van der Waals surface area contributed by atoms with Gasteiger partial charge in [0.1, 0.15) is 0 Å². The molecule has 0 radical (unpaired) electrons. The van der Waals surface area contributed by atoms with Crippen LogP contribution in [0.15, 0.2) is 35.5 Å². The topological polar surface area (TPSA) is 0 Å². The van der Waals surface area contributed by atoms with E-state index in [0.717, 1.165) is 42.9 Å². The molecule has 12 aliphatic carbocycles. The molecule has 12 bridgehead atoms. The maximum absolute atomic E-state index is 13.6. The predicted molar refractivity (Wildman–Crippen MR) is 156 cm³/mol. The van der Waals surface area contributed by atoms with Crippen molar-refractivity contribution in [3.8, 4) is 0 Å². The lowest BCUT2D eigenvalue weighted by atomic mass is 9.69. The molecule has 18 unspecified atom stereocenters. The molecule has 6 heteroatoms. The number of rotatable bonds is 1. The Morgan fingerprint density at radius 1 is 0.705 bits per heavy atom. The second-order valence-electron chi connectivity index (χ2n) is 17.7. The van der Waals surface area contributed by atoms with E-state index in [2.05, 4.69) is 24.3 Å². The van der Waals surface area contributed by atoms with Crippen molar-refractivity contribution in [2.45, 2.75) is 82.7 Å². The van der Waals surface area contributed by atoms with Crippen LogP contribution in [-0.4, -0.2) is 18.8 Å². The lowest BCUT2D eigenvalue weighted by molar-refractivity contribution is -0.195. The first-order chi connectivity index (χ1) is 21.1. The molecular weight excluding hydrogens is 570 g/mol. The third-order valence-corrected chi connectivity index (χ3v) is 16.4. The third-order valence-electron chi connectivity index (χ3n) is 16.4. The normalized spacial score (nSPS) is 57.2. The maximum atomic E-state index is 13.6. The molecule has 0 nitrogen and oxygen atoms in total. The molecule has 0 heterocycles. The fourth-order valence-electron chi connectivity index (χ4n) is 15.4. The minimum Gasteiger partial charge on any atom is -0.251 e. The van der Waals surface area contributed by atoms with Crippen LogP contribution in [-0.2, 0) is 0 Å². The van der Waals surface area contributed by atoms with Crippen LogP contribution < -0.4 is 0 Å². The molecule has 0 aromatic heterocycles. The summed E-state index contributed by atoms with van der Waals surface area (Å²) in [4.78, 5) is 0. The SMILES string of the molecule is FC(F)(F)C1CC2CC1C1C3C=CC(C3)C21.FC1(F)CC2CC1C1C3C=CC(C3)C21.FCC1CC2CC1C1C2=C2CCC1C2. The van der Waals surface area contributed by atoms with Crippen molar-refractivity contribution in [3.05, 3.63) is 35.5 Å². The Bertz CT molecular complexity index is 1310. The Kier molecular flexibility index (Phi) is 5.85. The monoisotopic (exact) mass is 616 g/mol. The summed E-state index contributed by atoms with van der Waals surface area (Å²) in [5.41, 5.74) is 3.65. The maximum Gasteiger partial charge on any atom is 0.392 e. The lowest BCUT2D eigenvalue weighted by Crippen LogP contribution is -2.37. The molecule has 0 amide bonds. The average Bonchev–Trinajstić information content (AvgIpc) is 3.83. The number of allylic oxidation sites excluding steroid dienone is 6. The summed E-state index contributed by atoms with van der Waals surface area (Å²) in [6.07, 6.45) is 16.4. The van der Waals surface area contributed by atoms with Gasteiger partial charge in [-0.25, -0.2) is 8.78 Å². The van der Waals surface area contributed by atoms with Gasteiger partial charge in [-0.05, 0) is 159 Å². The van der Waals surface area contributed by atoms with Gasteiger partial charge in [-0.15, -0.1) is 0 Å². The molecule has 0 saturated heterocycles. The van der Waals surface area contributed by atoms with Gasteiger partial charge in [0.25, 0.3) is 5.92 Å². The fraction of sp³-hybridized carbons (Fsp3) is 0.842. The minimum absolute atomic E-state index is 0.0463. The summed E-state index contributed by atoms with van der Waals surface area (Å²) in [6, 6.07) is 0. The van der Waals surface area contributed by atoms with Crippen LogP contribution in [0.1, 0.15) is 70.6 Å². The molecule has 12 rings (SSSR count). The van der Waals surface area contributed by atoms with Crippen molar-refractivity contribution >= 4 is 0 Å². The lowest BCUT2D eigenvalue weighted by Gasteiger charge is -2.37. The molecule has 0 spiro atoms. The predicted octanol–water partition coefficient (Wildman–Crippen LogP) is 10.1. The van der Waals surface area contributed by atoms with Crippen LogP contribution in [0.25, 0.3) is 0 Å². The van der Waals surface area contributed by atoms with E-state index in [-0.39, 0.29) is 24.9 Å². The quantitative estimate of drug-likeness (QED) is 0.156. The van der Waals surface area contributed by atoms with Crippen molar-refractivity contribution in [1.82, 2.24) is 0 Å². The molecule has 9 fully saturated rings. The van der Waals surface area contributed by atoms with Gasteiger partial charge in [0, 0.05) is 12.3 Å². The fourth-order valence-corrected chi connectivity index (χ4v) is 15.4. The number of hydrogen-bond donors (Lipinski definition) is 0. The van der Waals surface area contributed by atoms with E-state index in [0.29, 0.717) is 71.5 Å². The zero-order valence-corrected chi connectivity index (χ0v) is 25.5. The zero-order valence-electron chi connectivity index (χ0n) is 25.5. The highest BCUT2D eigenvalue weighted by atomic mass is 19.4. The van der Waals surface area contributed by atoms with E-state index in [1.54, 1.807) is 0 Å². The van der Waals surface area contributed by atoms with E-state index < -0.39 is 18.0 Å². The largest absolute Gasteiger partial charge is 0.392 e. The highest BCUT2D eigenvalue weighted by Gasteiger charge is 2.68. The number of hydrogen-bond acceptors (Lipinski definition) is 0. The molecule has 9 saturated carbocycles. The summed E-state index contributed by atoms with van der Waals surface area (Å²) in [5.74, 6) is 5.17. The number of alkyl halides is 6. The van der Waals surface area contributed by atoms with Gasteiger partial charge in [-0.1, -0.05) is 35.5 Å². The zero-order chi connectivity index (χ0) is 29.9. The van der Waals surface area contributed by atoms with Crippen LogP contribution in [0.5, 0.6) is 0 Å². The van der Waals surface area contributed by atoms with Crippen molar-refractivity contribution in [3.63, 3.8) is 0 Å². The van der Waals surface area contributed by atoms with Gasteiger partial charge in [0.05, 0.1) is 12.6 Å². The Labute approximate surface area is 257 Å². The molecule has 12 aliphatic rings. The molecule has 0 N–H and O–H groups in total.